The first kappa shape index (κ1) is 21.2. The van der Waals surface area contributed by atoms with Crippen molar-refractivity contribution in [3.05, 3.63) is 56.6 Å². The molecular weight excluding hydrogens is 336 g/mol. The molecule has 0 aromatic heterocycles. The van der Waals surface area contributed by atoms with E-state index in [4.69, 9.17) is 0 Å². The normalized spacial score (nSPS) is 18.1. The third-order valence-corrected chi connectivity index (χ3v) is 7.50. The number of rotatable bonds is 6. The van der Waals surface area contributed by atoms with Gasteiger partial charge in [0.1, 0.15) is 0 Å². The number of benzene rings is 2. The predicted octanol–water partition coefficient (Wildman–Crippen LogP) is 7.95. The number of aryl methyl sites for hydroxylation is 2. The van der Waals surface area contributed by atoms with Gasteiger partial charge in [0.05, 0.1) is 0 Å². The molecule has 0 saturated carbocycles. The average Bonchev–Trinajstić information content (AvgIpc) is 2.73. The van der Waals surface area contributed by atoms with Gasteiger partial charge in [-0.3, -0.25) is 0 Å². The maximum absolute atomic E-state index is 2.57. The van der Waals surface area contributed by atoms with Crippen molar-refractivity contribution >= 4 is 0 Å². The molecule has 152 valence electrons. The Labute approximate surface area is 173 Å². The molecule has 3 rings (SSSR count). The topological polar surface area (TPSA) is 0 Å². The molecule has 2 aromatic rings. The summed E-state index contributed by atoms with van der Waals surface area (Å²) in [4.78, 5) is 0. The van der Waals surface area contributed by atoms with Gasteiger partial charge in [-0.25, -0.2) is 0 Å². The van der Waals surface area contributed by atoms with Crippen LogP contribution in [-0.4, -0.2) is 0 Å². The lowest BCUT2D eigenvalue weighted by Gasteiger charge is -2.37. The highest BCUT2D eigenvalue weighted by Gasteiger charge is 2.33. The van der Waals surface area contributed by atoms with Gasteiger partial charge < -0.3 is 0 Å². The van der Waals surface area contributed by atoms with E-state index in [1.165, 1.54) is 0 Å². The minimum atomic E-state index is 0.594. The lowest BCUT2D eigenvalue weighted by molar-refractivity contribution is 0.602. The maximum Gasteiger partial charge on any atom is -0.0115 e. The molecule has 28 heavy (non-hydrogen) atoms. The Bertz CT molecular complexity index is 795. The Kier molecular flexibility index (Phi) is 6.37. The summed E-state index contributed by atoms with van der Waals surface area (Å²) in [6.07, 6.45) is 6.89. The van der Waals surface area contributed by atoms with Crippen molar-refractivity contribution in [3.8, 4) is 11.1 Å². The van der Waals surface area contributed by atoms with E-state index in [1.54, 1.807) is 55.6 Å². The average molecular weight is 377 g/mol. The zero-order chi connectivity index (χ0) is 20.6. The zero-order valence-corrected chi connectivity index (χ0v) is 19.6. The van der Waals surface area contributed by atoms with Crippen molar-refractivity contribution in [2.24, 2.45) is 0 Å². The maximum atomic E-state index is 2.57. The van der Waals surface area contributed by atoms with Crippen LogP contribution >= 0.6 is 0 Å². The summed E-state index contributed by atoms with van der Waals surface area (Å²) in [5.41, 5.74) is 16.1. The Balaban J connectivity index is 2.47. The van der Waals surface area contributed by atoms with Gasteiger partial charge in [0, 0.05) is 0 Å². The van der Waals surface area contributed by atoms with Crippen molar-refractivity contribution in [2.75, 3.05) is 0 Å². The number of hydrogen-bond acceptors (Lipinski definition) is 0. The third kappa shape index (κ3) is 3.04. The first-order valence-corrected chi connectivity index (χ1v) is 11.8. The van der Waals surface area contributed by atoms with Crippen molar-refractivity contribution in [1.82, 2.24) is 0 Å². The van der Waals surface area contributed by atoms with E-state index in [-0.39, 0.29) is 0 Å². The monoisotopic (exact) mass is 376 g/mol. The van der Waals surface area contributed by atoms with Gasteiger partial charge in [0.2, 0.25) is 0 Å². The fourth-order valence-electron chi connectivity index (χ4n) is 6.02. The molecule has 1 aliphatic carbocycles. The molecule has 0 aliphatic heterocycles. The molecule has 0 heteroatoms. The Hall–Kier alpha value is -1.56. The van der Waals surface area contributed by atoms with Crippen LogP contribution in [0.1, 0.15) is 112 Å². The molecule has 0 bridgehead atoms. The first-order valence-electron chi connectivity index (χ1n) is 11.8. The zero-order valence-electron chi connectivity index (χ0n) is 19.6. The van der Waals surface area contributed by atoms with E-state index in [1.807, 2.05) is 0 Å². The molecule has 2 unspecified atom stereocenters. The van der Waals surface area contributed by atoms with Gasteiger partial charge in [-0.05, 0) is 106 Å². The fourth-order valence-corrected chi connectivity index (χ4v) is 6.02. The highest BCUT2D eigenvalue weighted by atomic mass is 14.4. The van der Waals surface area contributed by atoms with Crippen LogP contribution in [0.5, 0.6) is 0 Å². The van der Waals surface area contributed by atoms with Gasteiger partial charge in [-0.1, -0.05) is 67.5 Å². The fraction of sp³-hybridized carbons (Fsp3) is 0.571. The van der Waals surface area contributed by atoms with Crippen LogP contribution < -0.4 is 0 Å². The molecule has 1 aliphatic rings. The number of fused-ring (bicyclic) bond motifs is 3. The van der Waals surface area contributed by atoms with E-state index in [9.17, 15) is 0 Å². The molecule has 0 spiro atoms. The molecule has 0 fully saturated rings. The highest BCUT2D eigenvalue weighted by molar-refractivity contribution is 5.80. The van der Waals surface area contributed by atoms with Crippen molar-refractivity contribution in [2.45, 2.75) is 106 Å². The molecule has 0 amide bonds. The van der Waals surface area contributed by atoms with E-state index in [0.29, 0.717) is 11.8 Å². The molecule has 0 nitrogen and oxygen atoms in total. The second-order valence-electron chi connectivity index (χ2n) is 8.61. The van der Waals surface area contributed by atoms with E-state index >= 15 is 0 Å². The second kappa shape index (κ2) is 8.44. The quantitative estimate of drug-likeness (QED) is 0.480. The lowest BCUT2D eigenvalue weighted by atomic mass is 9.67. The second-order valence-corrected chi connectivity index (χ2v) is 8.61. The van der Waals surface area contributed by atoms with Crippen molar-refractivity contribution in [3.63, 3.8) is 0 Å². The summed E-state index contributed by atoms with van der Waals surface area (Å²) in [6.45, 7) is 19.0. The van der Waals surface area contributed by atoms with Gasteiger partial charge in [0.15, 0.2) is 0 Å². The van der Waals surface area contributed by atoms with Crippen LogP contribution in [-0.2, 0) is 38.5 Å². The Morgan fingerprint density at radius 3 is 1.07 bits per heavy atom. The largest absolute Gasteiger partial charge is 0.0613 e. The summed E-state index contributed by atoms with van der Waals surface area (Å²) in [5.74, 6) is 1.19. The van der Waals surface area contributed by atoms with Crippen LogP contribution in [0.3, 0.4) is 0 Å². The van der Waals surface area contributed by atoms with Crippen LogP contribution in [0.25, 0.3) is 11.1 Å². The summed E-state index contributed by atoms with van der Waals surface area (Å²) >= 11 is 0. The van der Waals surface area contributed by atoms with Crippen molar-refractivity contribution < 1.29 is 0 Å². The van der Waals surface area contributed by atoms with Gasteiger partial charge in [-0.2, -0.15) is 0 Å². The minimum absolute atomic E-state index is 0.594. The summed E-state index contributed by atoms with van der Waals surface area (Å²) in [6, 6.07) is 5.14. The standard InChI is InChI=1S/C28H40/c1-9-19-15-25-26-16-20(10-2)22(12-4)24(14-6)28(26)18(8)17(7)27(25)23(13-5)21(19)11-3/h15-18H,9-14H2,1-8H3. The van der Waals surface area contributed by atoms with Crippen LogP contribution in [0.2, 0.25) is 0 Å². The Morgan fingerprint density at radius 2 is 0.821 bits per heavy atom. The lowest BCUT2D eigenvalue weighted by Crippen LogP contribution is -2.20. The smallest absolute Gasteiger partial charge is 0.0115 e. The SMILES string of the molecule is CCc1cc2c(c(CC)c1CC)C(C)C(C)c1c-2cc(CC)c(CC)c1CC. The van der Waals surface area contributed by atoms with E-state index in [0.717, 1.165) is 38.5 Å². The van der Waals surface area contributed by atoms with Crippen LogP contribution in [0.15, 0.2) is 12.1 Å². The summed E-state index contributed by atoms with van der Waals surface area (Å²) in [5, 5.41) is 0. The molecule has 2 atom stereocenters. The first-order chi connectivity index (χ1) is 13.5. The molecule has 0 saturated heterocycles. The minimum Gasteiger partial charge on any atom is -0.0613 e. The Morgan fingerprint density at radius 1 is 0.500 bits per heavy atom. The molecular formula is C28H40. The molecule has 0 N–H and O–H groups in total. The van der Waals surface area contributed by atoms with Gasteiger partial charge in [-0.15, -0.1) is 0 Å². The third-order valence-electron chi connectivity index (χ3n) is 7.50. The van der Waals surface area contributed by atoms with Gasteiger partial charge in [0.25, 0.3) is 0 Å². The molecule has 2 aromatic carbocycles. The summed E-state index contributed by atoms with van der Waals surface area (Å²) < 4.78 is 0. The van der Waals surface area contributed by atoms with Crippen molar-refractivity contribution in [1.29, 1.82) is 0 Å². The van der Waals surface area contributed by atoms with Crippen LogP contribution in [0.4, 0.5) is 0 Å². The van der Waals surface area contributed by atoms with Crippen LogP contribution in [0, 0.1) is 0 Å². The number of hydrogen-bond donors (Lipinski definition) is 0. The van der Waals surface area contributed by atoms with Gasteiger partial charge >= 0.3 is 0 Å². The highest BCUT2D eigenvalue weighted by Crippen LogP contribution is 2.51. The predicted molar refractivity (Wildman–Crippen MR) is 125 cm³/mol. The van der Waals surface area contributed by atoms with E-state index < -0.39 is 0 Å². The summed E-state index contributed by atoms with van der Waals surface area (Å²) in [7, 11) is 0. The molecule has 0 heterocycles. The molecule has 0 radical (unpaired) electrons. The van der Waals surface area contributed by atoms with E-state index in [2.05, 4.69) is 67.5 Å².